The molecule has 78 valence electrons. The predicted molar refractivity (Wildman–Crippen MR) is 57.6 cm³/mol. The molecule has 0 heterocycles. The zero-order valence-corrected chi connectivity index (χ0v) is 10.3. The first-order valence-electron chi connectivity index (χ1n) is 4.09. The molecule has 13 heavy (non-hydrogen) atoms. The van der Waals surface area contributed by atoms with Gasteiger partial charge in [-0.25, -0.2) is 4.79 Å². The number of rotatable bonds is 3. The fourth-order valence-corrected chi connectivity index (χ4v) is 0.942. The van der Waals surface area contributed by atoms with Crippen LogP contribution in [0, 0.1) is 0 Å². The minimum Gasteiger partial charge on any atom is -0.442 e. The van der Waals surface area contributed by atoms with Crippen LogP contribution in [-0.4, -0.2) is 27.8 Å². The number of hydrogen-bond acceptors (Lipinski definition) is 2. The monoisotopic (exact) mass is 303 g/mol. The highest BCUT2D eigenvalue weighted by Crippen LogP contribution is 2.10. The Morgan fingerprint density at radius 3 is 2.46 bits per heavy atom. The zero-order valence-electron chi connectivity index (χ0n) is 8.14. The number of carbonyl (C=O) groups is 1. The van der Waals surface area contributed by atoms with Crippen molar-refractivity contribution in [3.63, 3.8) is 0 Å². The number of halogens is 2. The first-order chi connectivity index (χ1) is 5.87. The lowest BCUT2D eigenvalue weighted by molar-refractivity contribution is -0.0303. The lowest BCUT2D eigenvalue weighted by atomic mass is 10.2. The summed E-state index contributed by atoms with van der Waals surface area (Å²) in [5, 5.41) is 0.115. The molecular formula is C8H15FINO2. The standard InChI is InChI=1S/C8H15FINO2/c1-8(2,3)13-7(12)11(9)6-4-5-10/h4-6H2,1-3H3. The maximum Gasteiger partial charge on any atom is 0.438 e. The molecule has 0 saturated heterocycles. The van der Waals surface area contributed by atoms with Crippen LogP contribution < -0.4 is 0 Å². The van der Waals surface area contributed by atoms with Gasteiger partial charge in [0, 0.05) is 4.43 Å². The lowest BCUT2D eigenvalue weighted by Crippen LogP contribution is -2.32. The van der Waals surface area contributed by atoms with Crippen molar-refractivity contribution in [1.82, 2.24) is 5.12 Å². The minimum atomic E-state index is -0.905. The van der Waals surface area contributed by atoms with Crippen LogP contribution >= 0.6 is 22.6 Å². The van der Waals surface area contributed by atoms with Crippen LogP contribution in [0.1, 0.15) is 27.2 Å². The summed E-state index contributed by atoms with van der Waals surface area (Å²) in [6.45, 7) is 5.21. The Hall–Kier alpha value is -0.0700. The maximum atomic E-state index is 12.9. The van der Waals surface area contributed by atoms with Crippen molar-refractivity contribution in [2.45, 2.75) is 32.8 Å². The molecule has 0 radical (unpaired) electrons. The fraction of sp³-hybridized carbons (Fsp3) is 0.875. The van der Waals surface area contributed by atoms with Gasteiger partial charge >= 0.3 is 6.09 Å². The van der Waals surface area contributed by atoms with E-state index in [9.17, 15) is 9.28 Å². The van der Waals surface area contributed by atoms with Gasteiger partial charge < -0.3 is 4.74 Å². The Kier molecular flexibility index (Phi) is 5.59. The summed E-state index contributed by atoms with van der Waals surface area (Å²) in [7, 11) is 0. The second kappa shape index (κ2) is 5.62. The zero-order chi connectivity index (χ0) is 10.5. The lowest BCUT2D eigenvalue weighted by Gasteiger charge is -2.21. The van der Waals surface area contributed by atoms with Gasteiger partial charge in [0.25, 0.3) is 0 Å². The van der Waals surface area contributed by atoms with E-state index in [0.717, 1.165) is 4.43 Å². The highest BCUT2D eigenvalue weighted by Gasteiger charge is 2.21. The van der Waals surface area contributed by atoms with E-state index in [0.29, 0.717) is 6.42 Å². The highest BCUT2D eigenvalue weighted by atomic mass is 127. The molecule has 0 aromatic carbocycles. The van der Waals surface area contributed by atoms with Gasteiger partial charge in [0.05, 0.1) is 6.54 Å². The number of ether oxygens (including phenoxy) is 1. The van der Waals surface area contributed by atoms with E-state index < -0.39 is 11.7 Å². The molecular weight excluding hydrogens is 288 g/mol. The third-order valence-corrected chi connectivity index (χ3v) is 1.84. The molecule has 0 aromatic rings. The molecule has 0 aliphatic rings. The summed E-state index contributed by atoms with van der Waals surface area (Å²) in [6.07, 6.45) is -0.270. The molecule has 0 fully saturated rings. The largest absolute Gasteiger partial charge is 0.442 e. The van der Waals surface area contributed by atoms with Crippen molar-refractivity contribution >= 4 is 28.7 Å². The maximum absolute atomic E-state index is 12.9. The molecule has 0 N–H and O–H groups in total. The van der Waals surface area contributed by atoms with Gasteiger partial charge in [0.15, 0.2) is 0 Å². The number of amides is 1. The van der Waals surface area contributed by atoms with Gasteiger partial charge in [0.1, 0.15) is 5.60 Å². The fourth-order valence-electron chi connectivity index (χ4n) is 0.601. The molecule has 5 heteroatoms. The summed E-state index contributed by atoms with van der Waals surface area (Å²) < 4.78 is 18.5. The molecule has 0 rings (SSSR count). The van der Waals surface area contributed by atoms with Crippen LogP contribution in [0.25, 0.3) is 0 Å². The predicted octanol–water partition coefficient (Wildman–Crippen LogP) is 2.93. The van der Waals surface area contributed by atoms with Gasteiger partial charge in [-0.1, -0.05) is 27.1 Å². The Bertz CT molecular complexity index is 170. The van der Waals surface area contributed by atoms with E-state index in [-0.39, 0.29) is 11.7 Å². The molecule has 0 unspecified atom stereocenters. The Balaban J connectivity index is 3.83. The number of alkyl halides is 1. The van der Waals surface area contributed by atoms with Crippen LogP contribution in [0.15, 0.2) is 0 Å². The topological polar surface area (TPSA) is 29.5 Å². The van der Waals surface area contributed by atoms with E-state index in [4.69, 9.17) is 4.74 Å². The molecule has 0 aliphatic carbocycles. The summed E-state index contributed by atoms with van der Waals surface area (Å²) in [5.74, 6) is 0. The highest BCUT2D eigenvalue weighted by molar-refractivity contribution is 14.1. The molecule has 0 bridgehead atoms. The minimum absolute atomic E-state index is 0.0951. The first kappa shape index (κ1) is 12.9. The SMILES string of the molecule is CC(C)(C)OC(=O)N(F)CCCI. The van der Waals surface area contributed by atoms with E-state index in [1.807, 2.05) is 0 Å². The number of carbonyl (C=O) groups excluding carboxylic acids is 1. The summed E-state index contributed by atoms with van der Waals surface area (Å²) in [4.78, 5) is 11.0. The average molecular weight is 303 g/mol. The second-order valence-corrected chi connectivity index (χ2v) is 4.69. The summed E-state index contributed by atoms with van der Waals surface area (Å²) >= 11 is 2.13. The normalized spacial score (nSPS) is 11.2. The smallest absolute Gasteiger partial charge is 0.438 e. The Morgan fingerprint density at radius 1 is 1.54 bits per heavy atom. The van der Waals surface area contributed by atoms with Crippen LogP contribution in [0.5, 0.6) is 0 Å². The van der Waals surface area contributed by atoms with Crippen molar-refractivity contribution in [3.05, 3.63) is 0 Å². The van der Waals surface area contributed by atoms with Crippen molar-refractivity contribution < 1.29 is 14.0 Å². The van der Waals surface area contributed by atoms with Crippen molar-refractivity contribution in [2.75, 3.05) is 11.0 Å². The van der Waals surface area contributed by atoms with E-state index >= 15 is 0 Å². The van der Waals surface area contributed by atoms with Gasteiger partial charge in [-0.3, -0.25) is 0 Å². The Labute approximate surface area is 91.7 Å². The van der Waals surface area contributed by atoms with Gasteiger partial charge in [-0.05, 0) is 27.2 Å². The molecule has 0 atom stereocenters. The third kappa shape index (κ3) is 7.04. The molecule has 0 saturated carbocycles. The van der Waals surface area contributed by atoms with Crippen LogP contribution in [0.4, 0.5) is 9.28 Å². The average Bonchev–Trinajstić information content (AvgIpc) is 1.96. The van der Waals surface area contributed by atoms with Crippen molar-refractivity contribution in [2.24, 2.45) is 0 Å². The van der Waals surface area contributed by atoms with Gasteiger partial charge in [-0.2, -0.15) is 0 Å². The Morgan fingerprint density at radius 2 is 2.08 bits per heavy atom. The van der Waals surface area contributed by atoms with E-state index in [1.165, 1.54) is 0 Å². The number of nitrogens with zero attached hydrogens (tertiary/aromatic N) is 1. The van der Waals surface area contributed by atoms with Crippen LogP contribution in [0.2, 0.25) is 0 Å². The molecule has 3 nitrogen and oxygen atoms in total. The third-order valence-electron chi connectivity index (χ3n) is 1.08. The van der Waals surface area contributed by atoms with E-state index in [1.54, 1.807) is 20.8 Å². The van der Waals surface area contributed by atoms with E-state index in [2.05, 4.69) is 22.6 Å². The summed E-state index contributed by atoms with van der Waals surface area (Å²) in [5.41, 5.74) is -0.633. The van der Waals surface area contributed by atoms with Gasteiger partial charge in [0.2, 0.25) is 0 Å². The first-order valence-corrected chi connectivity index (χ1v) is 5.61. The quantitative estimate of drug-likeness (QED) is 0.456. The van der Waals surface area contributed by atoms with Gasteiger partial charge in [-0.15, -0.1) is 5.12 Å². The molecule has 0 aliphatic heterocycles. The van der Waals surface area contributed by atoms with Crippen LogP contribution in [0.3, 0.4) is 0 Å². The summed E-state index contributed by atoms with van der Waals surface area (Å²) in [6, 6.07) is 0. The molecule has 0 spiro atoms. The second-order valence-electron chi connectivity index (χ2n) is 3.61. The molecule has 1 amide bonds. The van der Waals surface area contributed by atoms with Crippen LogP contribution in [-0.2, 0) is 4.74 Å². The molecule has 0 aromatic heterocycles. The van der Waals surface area contributed by atoms with Crippen molar-refractivity contribution in [1.29, 1.82) is 0 Å². The number of hydrogen-bond donors (Lipinski definition) is 0. The van der Waals surface area contributed by atoms with Crippen molar-refractivity contribution in [3.8, 4) is 0 Å².